The standard InChI is InChI=1S/C17H17NOS/c1-17(18-13-20,15-10-6-3-7-11-15)12-16(19)14-8-4-2-5-9-14/h2-11,16,19H,12H2,1H3/t16-,17-/m1/s1. The van der Waals surface area contributed by atoms with Crippen molar-refractivity contribution in [3.63, 3.8) is 0 Å². The summed E-state index contributed by atoms with van der Waals surface area (Å²) >= 11 is 4.77. The second-order valence-corrected chi connectivity index (χ2v) is 5.16. The number of isothiocyanates is 1. The lowest BCUT2D eigenvalue weighted by atomic mass is 9.85. The van der Waals surface area contributed by atoms with Gasteiger partial charge in [0.25, 0.3) is 0 Å². The molecule has 2 rings (SSSR count). The average Bonchev–Trinajstić information content (AvgIpc) is 2.49. The molecule has 0 radical (unpaired) electrons. The predicted octanol–water partition coefficient (Wildman–Crippen LogP) is 4.13. The van der Waals surface area contributed by atoms with E-state index in [1.165, 1.54) is 0 Å². The first-order valence-corrected chi connectivity index (χ1v) is 6.94. The molecule has 0 aromatic heterocycles. The van der Waals surface area contributed by atoms with Gasteiger partial charge in [-0.1, -0.05) is 60.7 Å². The third kappa shape index (κ3) is 3.40. The van der Waals surface area contributed by atoms with E-state index in [1.807, 2.05) is 67.6 Å². The molecule has 0 bridgehead atoms. The second kappa shape index (κ2) is 6.58. The molecule has 0 saturated heterocycles. The number of thiocarbonyl (C=S) groups is 1. The number of aliphatic hydroxyl groups excluding tert-OH is 1. The van der Waals surface area contributed by atoms with Crippen molar-refractivity contribution >= 4 is 17.4 Å². The van der Waals surface area contributed by atoms with E-state index in [0.717, 1.165) is 11.1 Å². The van der Waals surface area contributed by atoms with Crippen molar-refractivity contribution in [2.75, 3.05) is 0 Å². The summed E-state index contributed by atoms with van der Waals surface area (Å²) in [6.45, 7) is 1.97. The van der Waals surface area contributed by atoms with Crippen molar-refractivity contribution < 1.29 is 5.11 Å². The quantitative estimate of drug-likeness (QED) is 0.661. The summed E-state index contributed by atoms with van der Waals surface area (Å²) in [7, 11) is 0. The van der Waals surface area contributed by atoms with Crippen molar-refractivity contribution in [2.24, 2.45) is 4.99 Å². The summed E-state index contributed by atoms with van der Waals surface area (Å²) in [6.07, 6.45) is -0.126. The van der Waals surface area contributed by atoms with Crippen LogP contribution in [0.2, 0.25) is 0 Å². The topological polar surface area (TPSA) is 32.6 Å². The largest absolute Gasteiger partial charge is 0.388 e. The first-order valence-electron chi connectivity index (χ1n) is 6.53. The highest BCUT2D eigenvalue weighted by Gasteiger charge is 2.29. The molecule has 0 unspecified atom stereocenters. The van der Waals surface area contributed by atoms with Gasteiger partial charge in [-0.15, -0.1) is 0 Å². The van der Waals surface area contributed by atoms with Gasteiger partial charge in [-0.2, -0.15) is 0 Å². The van der Waals surface area contributed by atoms with Crippen molar-refractivity contribution in [1.29, 1.82) is 0 Å². The van der Waals surface area contributed by atoms with Crippen LogP contribution in [0.1, 0.15) is 30.6 Å². The zero-order valence-electron chi connectivity index (χ0n) is 11.4. The van der Waals surface area contributed by atoms with Crippen LogP contribution < -0.4 is 0 Å². The summed E-state index contributed by atoms with van der Waals surface area (Å²) in [6, 6.07) is 19.5. The molecule has 0 saturated carbocycles. The van der Waals surface area contributed by atoms with Gasteiger partial charge < -0.3 is 5.11 Å². The van der Waals surface area contributed by atoms with Crippen LogP contribution in [-0.2, 0) is 5.54 Å². The number of benzene rings is 2. The van der Waals surface area contributed by atoms with Gasteiger partial charge in [-0.3, -0.25) is 0 Å². The maximum atomic E-state index is 10.4. The lowest BCUT2D eigenvalue weighted by Crippen LogP contribution is -2.22. The van der Waals surface area contributed by atoms with E-state index in [-0.39, 0.29) is 0 Å². The average molecular weight is 283 g/mol. The van der Waals surface area contributed by atoms with Gasteiger partial charge in [0.1, 0.15) is 0 Å². The Morgan fingerprint density at radius 2 is 1.65 bits per heavy atom. The van der Waals surface area contributed by atoms with Crippen LogP contribution >= 0.6 is 12.2 Å². The number of rotatable bonds is 5. The lowest BCUT2D eigenvalue weighted by Gasteiger charge is -2.27. The van der Waals surface area contributed by atoms with Gasteiger partial charge in [0, 0.05) is 6.42 Å². The molecule has 0 aliphatic heterocycles. The van der Waals surface area contributed by atoms with Crippen LogP contribution in [0.25, 0.3) is 0 Å². The summed E-state index contributed by atoms with van der Waals surface area (Å²) in [5, 5.41) is 12.9. The van der Waals surface area contributed by atoms with Gasteiger partial charge in [0.2, 0.25) is 0 Å². The zero-order chi connectivity index (χ0) is 14.4. The van der Waals surface area contributed by atoms with Crippen LogP contribution in [-0.4, -0.2) is 10.3 Å². The highest BCUT2D eigenvalue weighted by molar-refractivity contribution is 7.78. The molecule has 2 aromatic rings. The Hall–Kier alpha value is -1.80. The molecule has 0 aliphatic rings. The Bertz CT molecular complexity index is 593. The summed E-state index contributed by atoms with van der Waals surface area (Å²) in [5.74, 6) is 0. The molecule has 1 N–H and O–H groups in total. The zero-order valence-corrected chi connectivity index (χ0v) is 12.2. The van der Waals surface area contributed by atoms with E-state index in [2.05, 4.69) is 10.2 Å². The maximum Gasteiger partial charge on any atom is 0.0959 e. The van der Waals surface area contributed by atoms with Gasteiger partial charge in [0.05, 0.1) is 16.8 Å². The maximum absolute atomic E-state index is 10.4. The van der Waals surface area contributed by atoms with Gasteiger partial charge in [0.15, 0.2) is 0 Å². The lowest BCUT2D eigenvalue weighted by molar-refractivity contribution is 0.138. The predicted molar refractivity (Wildman–Crippen MR) is 84.8 cm³/mol. The fraction of sp³-hybridized carbons (Fsp3) is 0.235. The van der Waals surface area contributed by atoms with Gasteiger partial charge in [-0.05, 0) is 30.3 Å². The van der Waals surface area contributed by atoms with Crippen LogP contribution in [0.3, 0.4) is 0 Å². The minimum absolute atomic E-state index is 0.463. The number of aliphatic imine (C=N–C) groups is 1. The Labute approximate surface area is 124 Å². The minimum Gasteiger partial charge on any atom is -0.388 e. The first-order chi connectivity index (χ1) is 9.65. The third-order valence-corrected chi connectivity index (χ3v) is 3.55. The van der Waals surface area contributed by atoms with E-state index in [1.54, 1.807) is 0 Å². The molecule has 0 spiro atoms. The molecule has 2 atom stereocenters. The van der Waals surface area contributed by atoms with Crippen LogP contribution in [0.4, 0.5) is 0 Å². The Kier molecular flexibility index (Phi) is 4.80. The van der Waals surface area contributed by atoms with E-state index in [0.29, 0.717) is 6.42 Å². The van der Waals surface area contributed by atoms with Crippen molar-refractivity contribution in [1.82, 2.24) is 0 Å². The fourth-order valence-corrected chi connectivity index (χ4v) is 2.50. The SMILES string of the molecule is C[C@](C[C@@H](O)c1ccccc1)(N=C=S)c1ccccc1. The highest BCUT2D eigenvalue weighted by Crippen LogP contribution is 2.34. The number of hydrogen-bond donors (Lipinski definition) is 1. The monoisotopic (exact) mass is 283 g/mol. The molecular formula is C17H17NOS. The smallest absolute Gasteiger partial charge is 0.0959 e. The molecule has 2 nitrogen and oxygen atoms in total. The van der Waals surface area contributed by atoms with Gasteiger partial charge in [-0.25, -0.2) is 4.99 Å². The Balaban J connectivity index is 2.29. The molecule has 0 fully saturated rings. The molecular weight excluding hydrogens is 266 g/mol. The van der Waals surface area contributed by atoms with E-state index >= 15 is 0 Å². The Morgan fingerprint density at radius 3 is 2.20 bits per heavy atom. The van der Waals surface area contributed by atoms with Gasteiger partial charge >= 0.3 is 0 Å². The summed E-state index contributed by atoms with van der Waals surface area (Å²) in [5.41, 5.74) is 1.33. The van der Waals surface area contributed by atoms with Crippen molar-refractivity contribution in [2.45, 2.75) is 25.0 Å². The third-order valence-electron chi connectivity index (χ3n) is 3.46. The van der Waals surface area contributed by atoms with Crippen LogP contribution in [0.15, 0.2) is 65.7 Å². The van der Waals surface area contributed by atoms with Crippen LogP contribution in [0, 0.1) is 0 Å². The normalized spacial score (nSPS) is 14.9. The van der Waals surface area contributed by atoms with Crippen molar-refractivity contribution in [3.05, 3.63) is 71.8 Å². The molecule has 20 heavy (non-hydrogen) atoms. The molecule has 0 amide bonds. The van der Waals surface area contributed by atoms with E-state index in [9.17, 15) is 5.11 Å². The number of nitrogens with zero attached hydrogens (tertiary/aromatic N) is 1. The second-order valence-electron chi connectivity index (χ2n) is 4.97. The first kappa shape index (κ1) is 14.6. The van der Waals surface area contributed by atoms with E-state index in [4.69, 9.17) is 12.2 Å². The van der Waals surface area contributed by atoms with E-state index < -0.39 is 11.6 Å². The molecule has 0 aliphatic carbocycles. The molecule has 3 heteroatoms. The summed E-state index contributed by atoms with van der Waals surface area (Å²) in [4.78, 5) is 4.30. The Morgan fingerprint density at radius 1 is 1.10 bits per heavy atom. The summed E-state index contributed by atoms with van der Waals surface area (Å²) < 4.78 is 0. The minimum atomic E-state index is -0.589. The van der Waals surface area contributed by atoms with Crippen molar-refractivity contribution in [3.8, 4) is 0 Å². The molecule has 102 valence electrons. The number of aliphatic hydroxyl groups is 1. The fourth-order valence-electron chi connectivity index (χ4n) is 2.30. The molecule has 0 heterocycles. The van der Waals surface area contributed by atoms with Crippen LogP contribution in [0.5, 0.6) is 0 Å². The highest BCUT2D eigenvalue weighted by atomic mass is 32.1. The number of hydrogen-bond acceptors (Lipinski definition) is 3. The molecule has 2 aromatic carbocycles.